The van der Waals surface area contributed by atoms with Crippen molar-refractivity contribution in [1.82, 2.24) is 10.2 Å². The third-order valence-electron chi connectivity index (χ3n) is 5.56. The summed E-state index contributed by atoms with van der Waals surface area (Å²) < 4.78 is 0. The second-order valence-corrected chi connectivity index (χ2v) is 7.83. The van der Waals surface area contributed by atoms with Gasteiger partial charge in [0.15, 0.2) is 0 Å². The number of hydrogen-bond acceptors (Lipinski definition) is 3. The van der Waals surface area contributed by atoms with E-state index in [1.54, 1.807) is 0 Å². The van der Waals surface area contributed by atoms with Crippen molar-refractivity contribution in [3.63, 3.8) is 0 Å². The van der Waals surface area contributed by atoms with Gasteiger partial charge in [-0.15, -0.1) is 0 Å². The lowest BCUT2D eigenvalue weighted by molar-refractivity contribution is -0.133. The minimum absolute atomic E-state index is 0.0777. The summed E-state index contributed by atoms with van der Waals surface area (Å²) in [6.45, 7) is 2.13. The Morgan fingerprint density at radius 3 is 2.60 bits per heavy atom. The van der Waals surface area contributed by atoms with Gasteiger partial charge in [-0.05, 0) is 50.7 Å². The highest BCUT2D eigenvalue weighted by atomic mass is 32.2. The minimum Gasteiger partial charge on any atom is -0.322 e. The summed E-state index contributed by atoms with van der Waals surface area (Å²) in [5, 5.41) is 4.42. The minimum atomic E-state index is 0.0777. The van der Waals surface area contributed by atoms with Crippen LogP contribution < -0.4 is 5.32 Å². The van der Waals surface area contributed by atoms with E-state index in [4.69, 9.17) is 0 Å². The molecule has 0 aromatic carbocycles. The Balaban J connectivity index is 1.75. The highest BCUT2D eigenvalue weighted by molar-refractivity contribution is 7.99. The van der Waals surface area contributed by atoms with E-state index in [1.807, 2.05) is 11.8 Å². The number of carbonyl (C=O) groups is 1. The molecule has 0 spiro atoms. The van der Waals surface area contributed by atoms with E-state index in [0.717, 1.165) is 11.7 Å². The van der Waals surface area contributed by atoms with Gasteiger partial charge in [0.25, 0.3) is 0 Å². The molecule has 1 aliphatic heterocycles. The van der Waals surface area contributed by atoms with Crippen molar-refractivity contribution < 1.29 is 4.79 Å². The SMILES string of the molecule is CCC1NC(C2CCCC2)N(C2CCC(SC)C2)C1=O. The van der Waals surface area contributed by atoms with Crippen molar-refractivity contribution in [2.24, 2.45) is 5.92 Å². The van der Waals surface area contributed by atoms with Crippen LogP contribution in [0.1, 0.15) is 58.3 Å². The summed E-state index contributed by atoms with van der Waals surface area (Å²) in [6.07, 6.45) is 12.5. The third kappa shape index (κ3) is 2.61. The molecule has 20 heavy (non-hydrogen) atoms. The number of carbonyl (C=O) groups excluding carboxylic acids is 1. The van der Waals surface area contributed by atoms with E-state index in [-0.39, 0.29) is 6.04 Å². The molecule has 1 saturated heterocycles. The van der Waals surface area contributed by atoms with Gasteiger partial charge in [-0.25, -0.2) is 0 Å². The number of hydrogen-bond donors (Lipinski definition) is 1. The van der Waals surface area contributed by atoms with Crippen molar-refractivity contribution in [2.75, 3.05) is 6.26 Å². The Labute approximate surface area is 127 Å². The van der Waals surface area contributed by atoms with Gasteiger partial charge in [-0.2, -0.15) is 11.8 Å². The zero-order chi connectivity index (χ0) is 14.1. The van der Waals surface area contributed by atoms with Crippen LogP contribution in [0.25, 0.3) is 0 Å². The van der Waals surface area contributed by atoms with Crippen LogP contribution in [0.5, 0.6) is 0 Å². The van der Waals surface area contributed by atoms with Crippen LogP contribution in [0.3, 0.4) is 0 Å². The van der Waals surface area contributed by atoms with E-state index in [2.05, 4.69) is 23.4 Å². The Bertz CT molecular complexity index is 356. The highest BCUT2D eigenvalue weighted by Crippen LogP contribution is 2.38. The van der Waals surface area contributed by atoms with Crippen molar-refractivity contribution in [2.45, 2.75) is 81.8 Å². The molecule has 4 atom stereocenters. The summed E-state index contributed by atoms with van der Waals surface area (Å²) in [7, 11) is 0. The van der Waals surface area contributed by atoms with E-state index in [1.165, 1.54) is 44.9 Å². The fraction of sp³-hybridized carbons (Fsp3) is 0.938. The molecule has 1 heterocycles. The van der Waals surface area contributed by atoms with Crippen LogP contribution in [0.2, 0.25) is 0 Å². The van der Waals surface area contributed by atoms with Crippen LogP contribution in [0.4, 0.5) is 0 Å². The molecule has 0 aromatic rings. The normalized spacial score (nSPS) is 39.1. The molecule has 0 bridgehead atoms. The van der Waals surface area contributed by atoms with Crippen molar-refractivity contribution in [3.05, 3.63) is 0 Å². The molecular formula is C16H28N2OS. The van der Waals surface area contributed by atoms with Gasteiger partial charge in [0.1, 0.15) is 0 Å². The lowest BCUT2D eigenvalue weighted by atomic mass is 10.0. The average Bonchev–Trinajstić information content (AvgIpc) is 3.17. The van der Waals surface area contributed by atoms with Gasteiger partial charge in [0, 0.05) is 11.3 Å². The first kappa shape index (κ1) is 14.7. The van der Waals surface area contributed by atoms with Gasteiger partial charge in [-0.3, -0.25) is 10.1 Å². The van der Waals surface area contributed by atoms with Gasteiger partial charge in [0.2, 0.25) is 5.91 Å². The number of nitrogens with zero attached hydrogens (tertiary/aromatic N) is 1. The predicted molar refractivity (Wildman–Crippen MR) is 84.7 cm³/mol. The average molecular weight is 296 g/mol. The highest BCUT2D eigenvalue weighted by Gasteiger charge is 2.46. The van der Waals surface area contributed by atoms with Crippen LogP contribution in [0.15, 0.2) is 0 Å². The van der Waals surface area contributed by atoms with E-state index < -0.39 is 0 Å². The molecule has 3 rings (SSSR count). The standard InChI is InChI=1S/C16H28N2OS/c1-3-14-16(19)18(12-8-9-13(10-12)20-2)15(17-14)11-6-4-5-7-11/h11-15,17H,3-10H2,1-2H3. The van der Waals surface area contributed by atoms with E-state index in [9.17, 15) is 4.79 Å². The van der Waals surface area contributed by atoms with Crippen LogP contribution in [-0.4, -0.2) is 40.6 Å². The Morgan fingerprint density at radius 1 is 1.25 bits per heavy atom. The van der Waals surface area contributed by atoms with Crippen LogP contribution >= 0.6 is 11.8 Å². The van der Waals surface area contributed by atoms with Gasteiger partial charge in [-0.1, -0.05) is 19.8 Å². The summed E-state index contributed by atoms with van der Waals surface area (Å²) >= 11 is 1.98. The molecule has 3 fully saturated rings. The first-order valence-corrected chi connectivity index (χ1v) is 9.64. The maximum absolute atomic E-state index is 12.7. The molecule has 4 unspecified atom stereocenters. The molecule has 0 radical (unpaired) electrons. The number of amides is 1. The predicted octanol–water partition coefficient (Wildman–Crippen LogP) is 3.00. The smallest absolute Gasteiger partial charge is 0.241 e. The zero-order valence-corrected chi connectivity index (χ0v) is 13.6. The number of nitrogens with one attached hydrogen (secondary N) is 1. The molecular weight excluding hydrogens is 268 g/mol. The molecule has 2 aliphatic carbocycles. The molecule has 4 heteroatoms. The number of rotatable bonds is 4. The fourth-order valence-electron chi connectivity index (χ4n) is 4.39. The topological polar surface area (TPSA) is 32.3 Å². The molecule has 3 aliphatic rings. The van der Waals surface area contributed by atoms with E-state index >= 15 is 0 Å². The maximum atomic E-state index is 12.7. The summed E-state index contributed by atoms with van der Waals surface area (Å²) in [5.41, 5.74) is 0. The Kier molecular flexibility index (Phi) is 4.61. The van der Waals surface area contributed by atoms with Gasteiger partial charge in [0.05, 0.1) is 12.2 Å². The van der Waals surface area contributed by atoms with Crippen molar-refractivity contribution in [1.29, 1.82) is 0 Å². The van der Waals surface area contributed by atoms with Gasteiger partial charge >= 0.3 is 0 Å². The molecule has 2 saturated carbocycles. The van der Waals surface area contributed by atoms with E-state index in [0.29, 0.717) is 24.0 Å². The van der Waals surface area contributed by atoms with Crippen LogP contribution in [0, 0.1) is 5.92 Å². The van der Waals surface area contributed by atoms with Gasteiger partial charge < -0.3 is 4.90 Å². The Morgan fingerprint density at radius 2 is 2.00 bits per heavy atom. The second-order valence-electron chi connectivity index (χ2n) is 6.69. The summed E-state index contributed by atoms with van der Waals surface area (Å²) in [5.74, 6) is 1.08. The molecule has 1 N–H and O–H groups in total. The Hall–Kier alpha value is -0.220. The van der Waals surface area contributed by atoms with Crippen molar-refractivity contribution in [3.8, 4) is 0 Å². The lowest BCUT2D eigenvalue weighted by Crippen LogP contribution is -2.47. The zero-order valence-electron chi connectivity index (χ0n) is 12.8. The maximum Gasteiger partial charge on any atom is 0.241 e. The second kappa shape index (κ2) is 6.27. The monoisotopic (exact) mass is 296 g/mol. The first-order valence-electron chi connectivity index (χ1n) is 8.35. The first-order chi connectivity index (χ1) is 9.74. The lowest BCUT2D eigenvalue weighted by Gasteiger charge is -2.34. The largest absolute Gasteiger partial charge is 0.322 e. The van der Waals surface area contributed by atoms with Crippen molar-refractivity contribution >= 4 is 17.7 Å². The molecule has 114 valence electrons. The molecule has 3 nitrogen and oxygen atoms in total. The third-order valence-corrected chi connectivity index (χ3v) is 6.66. The number of thioether (sulfide) groups is 1. The molecule has 0 aromatic heterocycles. The summed E-state index contributed by atoms with van der Waals surface area (Å²) in [4.78, 5) is 15.0. The fourth-order valence-corrected chi connectivity index (χ4v) is 5.18. The molecule has 1 amide bonds. The quantitative estimate of drug-likeness (QED) is 0.865. The van der Waals surface area contributed by atoms with Crippen LogP contribution in [-0.2, 0) is 4.79 Å². The summed E-state index contributed by atoms with van der Waals surface area (Å²) in [6, 6.07) is 0.573.